The standard InChI is InChI=1S/C38H28N2O2/c41-37(33-7-3-1-4-8-33)25-19-29-15-21-35(22-16-29)39-27-31-11-13-32(14-12-31)28-40-36-23-17-30(18-24-36)20-26-38(42)34-9-5-2-6-10-34/h1-28H/b25-19+,26-20+,39-27?,40-28?. The maximum Gasteiger partial charge on any atom is 0.185 e. The third-order valence-electron chi connectivity index (χ3n) is 6.42. The Kier molecular flexibility index (Phi) is 9.31. The normalized spacial score (nSPS) is 11.6. The van der Waals surface area contributed by atoms with Crippen LogP contribution in [0.25, 0.3) is 12.2 Å². The average molecular weight is 545 g/mol. The molecule has 4 nitrogen and oxygen atoms in total. The van der Waals surface area contributed by atoms with Crippen LogP contribution in [0.2, 0.25) is 0 Å². The molecule has 42 heavy (non-hydrogen) atoms. The number of benzene rings is 5. The van der Waals surface area contributed by atoms with Crippen LogP contribution in [0.4, 0.5) is 11.4 Å². The van der Waals surface area contributed by atoms with Gasteiger partial charge in [0, 0.05) is 23.6 Å². The Hall–Kier alpha value is -5.74. The molecule has 0 N–H and O–H groups in total. The van der Waals surface area contributed by atoms with E-state index in [9.17, 15) is 9.59 Å². The molecule has 0 spiro atoms. The average Bonchev–Trinajstić information content (AvgIpc) is 3.06. The number of carbonyl (C=O) groups excluding carboxylic acids is 2. The molecule has 0 amide bonds. The van der Waals surface area contributed by atoms with Crippen molar-refractivity contribution in [3.05, 3.63) is 179 Å². The van der Waals surface area contributed by atoms with Crippen molar-refractivity contribution in [2.45, 2.75) is 0 Å². The second-order valence-electron chi connectivity index (χ2n) is 9.49. The smallest absolute Gasteiger partial charge is 0.185 e. The van der Waals surface area contributed by atoms with E-state index < -0.39 is 0 Å². The summed E-state index contributed by atoms with van der Waals surface area (Å²) in [6.45, 7) is 0. The second kappa shape index (κ2) is 14.1. The third kappa shape index (κ3) is 8.13. The van der Waals surface area contributed by atoms with E-state index in [1.165, 1.54) is 0 Å². The summed E-state index contributed by atoms with van der Waals surface area (Å²) in [7, 11) is 0. The predicted molar refractivity (Wildman–Crippen MR) is 173 cm³/mol. The number of hydrogen-bond acceptors (Lipinski definition) is 4. The van der Waals surface area contributed by atoms with Crippen LogP contribution >= 0.6 is 0 Å². The minimum atomic E-state index is -0.0228. The van der Waals surface area contributed by atoms with Crippen molar-refractivity contribution in [3.63, 3.8) is 0 Å². The zero-order chi connectivity index (χ0) is 29.0. The van der Waals surface area contributed by atoms with Gasteiger partial charge in [-0.25, -0.2) is 0 Å². The zero-order valence-electron chi connectivity index (χ0n) is 22.9. The van der Waals surface area contributed by atoms with E-state index in [2.05, 4.69) is 9.98 Å². The SMILES string of the molecule is O=C(/C=C/c1ccc(N=Cc2ccc(C=Nc3ccc(/C=C/C(=O)c4ccccc4)cc3)cc2)cc1)c1ccccc1. The fourth-order valence-corrected chi connectivity index (χ4v) is 4.05. The second-order valence-corrected chi connectivity index (χ2v) is 9.49. The van der Waals surface area contributed by atoms with Gasteiger partial charge in [-0.15, -0.1) is 0 Å². The number of hydrogen-bond donors (Lipinski definition) is 0. The summed E-state index contributed by atoms with van der Waals surface area (Å²) >= 11 is 0. The Morgan fingerprint density at radius 3 is 1.10 bits per heavy atom. The number of nitrogens with zero attached hydrogens (tertiary/aromatic N) is 2. The van der Waals surface area contributed by atoms with Gasteiger partial charge >= 0.3 is 0 Å². The molecular weight excluding hydrogens is 516 g/mol. The Morgan fingerprint density at radius 1 is 0.405 bits per heavy atom. The highest BCUT2D eigenvalue weighted by atomic mass is 16.1. The van der Waals surface area contributed by atoms with Gasteiger partial charge in [-0.3, -0.25) is 19.6 Å². The largest absolute Gasteiger partial charge is 0.289 e. The van der Waals surface area contributed by atoms with Crippen LogP contribution in [0.1, 0.15) is 43.0 Å². The van der Waals surface area contributed by atoms with Gasteiger partial charge in [-0.2, -0.15) is 0 Å². The first-order chi connectivity index (χ1) is 20.6. The van der Waals surface area contributed by atoms with Gasteiger partial charge in [0.15, 0.2) is 11.6 Å². The lowest BCUT2D eigenvalue weighted by Crippen LogP contribution is -1.92. The first-order valence-corrected chi connectivity index (χ1v) is 13.6. The van der Waals surface area contributed by atoms with Gasteiger partial charge in [0.25, 0.3) is 0 Å². The minimum absolute atomic E-state index is 0.0228. The molecule has 0 heterocycles. The number of ketones is 2. The molecule has 0 aliphatic carbocycles. The molecule has 4 heteroatoms. The molecular formula is C38H28N2O2. The van der Waals surface area contributed by atoms with Crippen LogP contribution in [-0.2, 0) is 0 Å². The topological polar surface area (TPSA) is 58.9 Å². The number of carbonyl (C=O) groups is 2. The quantitative estimate of drug-likeness (QED) is 0.100. The van der Waals surface area contributed by atoms with E-state index >= 15 is 0 Å². The summed E-state index contributed by atoms with van der Waals surface area (Å²) in [6.07, 6.45) is 10.4. The summed E-state index contributed by atoms with van der Waals surface area (Å²) in [5.41, 5.74) is 6.83. The van der Waals surface area contributed by atoms with Crippen molar-refractivity contribution in [2.24, 2.45) is 9.98 Å². The fraction of sp³-hybridized carbons (Fsp3) is 0. The summed E-state index contributed by atoms with van der Waals surface area (Å²) < 4.78 is 0. The highest BCUT2D eigenvalue weighted by Gasteiger charge is 2.01. The molecule has 0 radical (unpaired) electrons. The first kappa shape index (κ1) is 27.8. The fourth-order valence-electron chi connectivity index (χ4n) is 4.05. The van der Waals surface area contributed by atoms with Crippen LogP contribution in [0.15, 0.2) is 156 Å². The number of rotatable bonds is 10. The summed E-state index contributed by atoms with van der Waals surface area (Å²) in [5, 5.41) is 0. The van der Waals surface area contributed by atoms with Crippen molar-refractivity contribution >= 4 is 47.5 Å². The van der Waals surface area contributed by atoms with E-state index in [4.69, 9.17) is 0 Å². The van der Waals surface area contributed by atoms with E-state index in [0.717, 1.165) is 33.6 Å². The summed E-state index contributed by atoms with van der Waals surface area (Å²) in [5.74, 6) is -0.0455. The first-order valence-electron chi connectivity index (χ1n) is 13.6. The summed E-state index contributed by atoms with van der Waals surface area (Å²) in [4.78, 5) is 33.6. The lowest BCUT2D eigenvalue weighted by molar-refractivity contribution is 0.103. The van der Waals surface area contributed by atoms with E-state index in [1.54, 1.807) is 36.4 Å². The van der Waals surface area contributed by atoms with Gasteiger partial charge in [-0.1, -0.05) is 121 Å². The highest BCUT2D eigenvalue weighted by molar-refractivity contribution is 6.07. The lowest BCUT2D eigenvalue weighted by Gasteiger charge is -1.99. The van der Waals surface area contributed by atoms with E-state index in [0.29, 0.717) is 11.1 Å². The zero-order valence-corrected chi connectivity index (χ0v) is 22.9. The number of aliphatic imine (C=N–C) groups is 2. The van der Waals surface area contributed by atoms with Gasteiger partial charge in [0.05, 0.1) is 11.4 Å². The van der Waals surface area contributed by atoms with Crippen LogP contribution in [0, 0.1) is 0 Å². The maximum absolute atomic E-state index is 12.2. The van der Waals surface area contributed by atoms with Crippen molar-refractivity contribution < 1.29 is 9.59 Å². The third-order valence-corrected chi connectivity index (χ3v) is 6.42. The van der Waals surface area contributed by atoms with Crippen molar-refractivity contribution in [1.29, 1.82) is 0 Å². The van der Waals surface area contributed by atoms with Gasteiger partial charge in [0.2, 0.25) is 0 Å². The Labute approximate surface area is 245 Å². The van der Waals surface area contributed by atoms with E-state index in [1.807, 2.05) is 134 Å². The van der Waals surface area contributed by atoms with Gasteiger partial charge < -0.3 is 0 Å². The molecule has 0 bridgehead atoms. The molecule has 0 unspecified atom stereocenters. The molecule has 0 saturated carbocycles. The highest BCUT2D eigenvalue weighted by Crippen LogP contribution is 2.17. The van der Waals surface area contributed by atoms with Crippen molar-refractivity contribution in [3.8, 4) is 0 Å². The van der Waals surface area contributed by atoms with Crippen LogP contribution in [-0.4, -0.2) is 24.0 Å². The van der Waals surface area contributed by atoms with Gasteiger partial charge in [-0.05, 0) is 58.7 Å². The molecule has 0 aromatic heterocycles. The van der Waals surface area contributed by atoms with Crippen molar-refractivity contribution in [2.75, 3.05) is 0 Å². The Balaban J connectivity index is 1.12. The molecule has 0 aliphatic heterocycles. The molecule has 0 fully saturated rings. The minimum Gasteiger partial charge on any atom is -0.289 e. The van der Waals surface area contributed by atoms with Crippen LogP contribution in [0.3, 0.4) is 0 Å². The molecule has 202 valence electrons. The summed E-state index contributed by atoms with van der Waals surface area (Å²) in [6, 6.07) is 41.9. The van der Waals surface area contributed by atoms with E-state index in [-0.39, 0.29) is 11.6 Å². The molecule has 0 aliphatic rings. The Morgan fingerprint density at radius 2 is 0.738 bits per heavy atom. The predicted octanol–water partition coefficient (Wildman–Crippen LogP) is 8.98. The van der Waals surface area contributed by atoms with Crippen LogP contribution < -0.4 is 0 Å². The molecule has 0 atom stereocenters. The molecule has 5 aromatic carbocycles. The number of allylic oxidation sites excluding steroid dienone is 2. The van der Waals surface area contributed by atoms with Crippen molar-refractivity contribution in [1.82, 2.24) is 0 Å². The monoisotopic (exact) mass is 544 g/mol. The maximum atomic E-state index is 12.2. The van der Waals surface area contributed by atoms with Gasteiger partial charge in [0.1, 0.15) is 0 Å². The molecule has 5 aromatic rings. The lowest BCUT2D eigenvalue weighted by atomic mass is 10.1. The molecule has 5 rings (SSSR count). The van der Waals surface area contributed by atoms with Crippen LogP contribution in [0.5, 0.6) is 0 Å². The molecule has 0 saturated heterocycles. The Bertz CT molecular complexity index is 1610.